The summed E-state index contributed by atoms with van der Waals surface area (Å²) in [6.45, 7) is 2.70. The van der Waals surface area contributed by atoms with Crippen molar-refractivity contribution in [3.8, 4) is 0 Å². The van der Waals surface area contributed by atoms with Crippen LogP contribution < -0.4 is 10.6 Å². The molecule has 1 fully saturated rings. The maximum Gasteiger partial charge on any atom is 0.326 e. The van der Waals surface area contributed by atoms with Gasteiger partial charge in [0, 0.05) is 18.4 Å². The molecule has 6 heteroatoms. The molecule has 1 saturated heterocycles. The standard InChI is InChI=1S/C13H17N3O3/c1-8-3-5-16(11(6-8)13(18)19)9-2-4-15-10(7-9)12(14)17/h2,4,7-8,11H,3,5-6H2,1H3,(H2,14,17)(H,18,19). The lowest BCUT2D eigenvalue weighted by atomic mass is 9.92. The Morgan fingerprint density at radius 1 is 1.53 bits per heavy atom. The molecule has 1 aromatic rings. The van der Waals surface area contributed by atoms with Crippen LogP contribution in [0.5, 0.6) is 0 Å². The van der Waals surface area contributed by atoms with Gasteiger partial charge in [0.2, 0.25) is 0 Å². The number of carboxylic acid groups (broad SMARTS) is 1. The Bertz CT molecular complexity index is 504. The van der Waals surface area contributed by atoms with E-state index in [-0.39, 0.29) is 5.69 Å². The van der Waals surface area contributed by atoms with Gasteiger partial charge in [-0.1, -0.05) is 6.92 Å². The van der Waals surface area contributed by atoms with Crippen molar-refractivity contribution in [2.24, 2.45) is 11.7 Å². The molecular weight excluding hydrogens is 246 g/mol. The summed E-state index contributed by atoms with van der Waals surface area (Å²) in [7, 11) is 0. The zero-order valence-corrected chi connectivity index (χ0v) is 10.7. The molecule has 0 aliphatic carbocycles. The first-order valence-corrected chi connectivity index (χ1v) is 6.24. The van der Waals surface area contributed by atoms with Gasteiger partial charge in [-0.05, 0) is 30.9 Å². The topological polar surface area (TPSA) is 96.5 Å². The van der Waals surface area contributed by atoms with Gasteiger partial charge in [0.15, 0.2) is 0 Å². The van der Waals surface area contributed by atoms with E-state index in [9.17, 15) is 14.7 Å². The molecule has 1 amide bonds. The number of primary amides is 1. The third-order valence-electron chi connectivity index (χ3n) is 3.48. The molecule has 0 radical (unpaired) electrons. The van der Waals surface area contributed by atoms with Gasteiger partial charge >= 0.3 is 5.97 Å². The second-order valence-corrected chi connectivity index (χ2v) is 4.94. The monoisotopic (exact) mass is 263 g/mol. The van der Waals surface area contributed by atoms with Gasteiger partial charge in [0.1, 0.15) is 11.7 Å². The van der Waals surface area contributed by atoms with Crippen LogP contribution >= 0.6 is 0 Å². The van der Waals surface area contributed by atoms with Gasteiger partial charge in [0.05, 0.1) is 0 Å². The predicted octanol–water partition coefficient (Wildman–Crippen LogP) is 0.870. The number of aliphatic carboxylic acids is 1. The molecule has 102 valence electrons. The third-order valence-corrected chi connectivity index (χ3v) is 3.48. The lowest BCUT2D eigenvalue weighted by molar-refractivity contribution is -0.139. The van der Waals surface area contributed by atoms with E-state index in [1.54, 1.807) is 17.0 Å². The highest BCUT2D eigenvalue weighted by Gasteiger charge is 2.32. The van der Waals surface area contributed by atoms with Gasteiger partial charge in [-0.25, -0.2) is 4.79 Å². The number of aromatic nitrogens is 1. The zero-order chi connectivity index (χ0) is 14.0. The van der Waals surface area contributed by atoms with E-state index in [0.717, 1.165) is 6.42 Å². The fraction of sp³-hybridized carbons (Fsp3) is 0.462. The maximum absolute atomic E-state index is 11.4. The summed E-state index contributed by atoms with van der Waals surface area (Å²) in [5, 5.41) is 9.32. The number of hydrogen-bond donors (Lipinski definition) is 2. The average molecular weight is 263 g/mol. The molecule has 3 N–H and O–H groups in total. The summed E-state index contributed by atoms with van der Waals surface area (Å²) in [4.78, 5) is 28.2. The van der Waals surface area contributed by atoms with Crippen LogP contribution in [-0.4, -0.2) is 34.6 Å². The number of carbonyl (C=O) groups is 2. The fourth-order valence-electron chi connectivity index (χ4n) is 2.42. The molecule has 6 nitrogen and oxygen atoms in total. The third kappa shape index (κ3) is 2.83. The second kappa shape index (κ2) is 5.26. The number of anilines is 1. The second-order valence-electron chi connectivity index (χ2n) is 4.94. The lowest BCUT2D eigenvalue weighted by Gasteiger charge is -2.37. The Kier molecular flexibility index (Phi) is 3.69. The minimum atomic E-state index is -0.844. The van der Waals surface area contributed by atoms with Gasteiger partial charge in [-0.15, -0.1) is 0 Å². The summed E-state index contributed by atoms with van der Waals surface area (Å²) in [5.41, 5.74) is 6.03. The number of rotatable bonds is 3. The van der Waals surface area contributed by atoms with E-state index in [1.807, 2.05) is 0 Å². The first-order chi connectivity index (χ1) is 8.99. The Morgan fingerprint density at radius 3 is 2.89 bits per heavy atom. The Balaban J connectivity index is 2.30. The molecule has 0 spiro atoms. The summed E-state index contributed by atoms with van der Waals surface area (Å²) in [6, 6.07) is 2.69. The molecular formula is C13H17N3O3. The molecule has 2 unspecified atom stereocenters. The van der Waals surface area contributed by atoms with Crippen LogP contribution in [0.2, 0.25) is 0 Å². The highest BCUT2D eigenvalue weighted by molar-refractivity contribution is 5.92. The zero-order valence-electron chi connectivity index (χ0n) is 10.7. The molecule has 1 aliphatic rings. The van der Waals surface area contributed by atoms with Crippen molar-refractivity contribution in [2.45, 2.75) is 25.8 Å². The van der Waals surface area contributed by atoms with Crippen LogP contribution in [0.4, 0.5) is 5.69 Å². The number of nitrogens with two attached hydrogens (primary N) is 1. The van der Waals surface area contributed by atoms with E-state index < -0.39 is 17.9 Å². The van der Waals surface area contributed by atoms with Crippen LogP contribution in [0.15, 0.2) is 18.3 Å². The van der Waals surface area contributed by atoms with E-state index in [2.05, 4.69) is 11.9 Å². The number of nitrogens with zero attached hydrogens (tertiary/aromatic N) is 2. The average Bonchev–Trinajstić information content (AvgIpc) is 2.38. The van der Waals surface area contributed by atoms with Crippen LogP contribution in [0.3, 0.4) is 0 Å². The van der Waals surface area contributed by atoms with Crippen LogP contribution in [0.25, 0.3) is 0 Å². The SMILES string of the molecule is CC1CCN(c2ccnc(C(N)=O)c2)C(C(=O)O)C1. The highest BCUT2D eigenvalue weighted by atomic mass is 16.4. The Morgan fingerprint density at radius 2 is 2.26 bits per heavy atom. The van der Waals surface area contributed by atoms with Crippen LogP contribution in [0, 0.1) is 5.92 Å². The molecule has 1 aromatic heterocycles. The quantitative estimate of drug-likeness (QED) is 0.843. The van der Waals surface area contributed by atoms with E-state index in [1.165, 1.54) is 6.20 Å². The predicted molar refractivity (Wildman–Crippen MR) is 69.9 cm³/mol. The van der Waals surface area contributed by atoms with Crippen molar-refractivity contribution in [1.29, 1.82) is 0 Å². The maximum atomic E-state index is 11.4. The van der Waals surface area contributed by atoms with Crippen molar-refractivity contribution in [2.75, 3.05) is 11.4 Å². The number of amides is 1. The van der Waals surface area contributed by atoms with Crippen LogP contribution in [0.1, 0.15) is 30.3 Å². The summed E-state index contributed by atoms with van der Waals surface area (Å²) in [6.07, 6.45) is 3.01. The molecule has 2 atom stereocenters. The number of pyridine rings is 1. The molecule has 19 heavy (non-hydrogen) atoms. The van der Waals surface area contributed by atoms with Gasteiger partial charge in [-0.2, -0.15) is 0 Å². The number of carboxylic acids is 1. The molecule has 0 bridgehead atoms. The highest BCUT2D eigenvalue weighted by Crippen LogP contribution is 2.28. The van der Waals surface area contributed by atoms with Crippen LogP contribution in [-0.2, 0) is 4.79 Å². The summed E-state index contributed by atoms with van der Waals surface area (Å²) in [5.74, 6) is -1.07. The van der Waals surface area contributed by atoms with Crippen molar-refractivity contribution in [3.63, 3.8) is 0 Å². The normalized spacial score (nSPS) is 23.1. The smallest absolute Gasteiger partial charge is 0.326 e. The van der Waals surface area contributed by atoms with Crippen molar-refractivity contribution < 1.29 is 14.7 Å². The van der Waals surface area contributed by atoms with Gasteiger partial charge in [0.25, 0.3) is 5.91 Å². The summed E-state index contributed by atoms with van der Waals surface area (Å²) < 4.78 is 0. The van der Waals surface area contributed by atoms with Gasteiger partial charge in [-0.3, -0.25) is 9.78 Å². The van der Waals surface area contributed by atoms with Crippen molar-refractivity contribution in [1.82, 2.24) is 4.98 Å². The molecule has 2 rings (SSSR count). The summed E-state index contributed by atoms with van der Waals surface area (Å²) >= 11 is 0. The molecule has 2 heterocycles. The number of piperidine rings is 1. The molecule has 1 aliphatic heterocycles. The van der Waals surface area contributed by atoms with E-state index in [4.69, 9.17) is 5.73 Å². The fourth-order valence-corrected chi connectivity index (χ4v) is 2.42. The first kappa shape index (κ1) is 13.3. The number of carbonyl (C=O) groups excluding carboxylic acids is 1. The van der Waals surface area contributed by atoms with Gasteiger partial charge < -0.3 is 15.7 Å². The first-order valence-electron chi connectivity index (χ1n) is 6.24. The van der Waals surface area contributed by atoms with E-state index in [0.29, 0.717) is 24.6 Å². The molecule has 0 aromatic carbocycles. The minimum absolute atomic E-state index is 0.153. The lowest BCUT2D eigenvalue weighted by Crippen LogP contribution is -2.47. The Labute approximate surface area is 111 Å². The van der Waals surface area contributed by atoms with Crippen molar-refractivity contribution in [3.05, 3.63) is 24.0 Å². The molecule has 0 saturated carbocycles. The van der Waals surface area contributed by atoms with Crippen molar-refractivity contribution >= 4 is 17.6 Å². The minimum Gasteiger partial charge on any atom is -0.480 e. The largest absolute Gasteiger partial charge is 0.480 e. The number of hydrogen-bond acceptors (Lipinski definition) is 4. The Hall–Kier alpha value is -2.11. The van der Waals surface area contributed by atoms with E-state index >= 15 is 0 Å².